The number of rotatable bonds is 8. The van der Waals surface area contributed by atoms with E-state index in [-0.39, 0.29) is 12.5 Å². The van der Waals surface area contributed by atoms with Crippen LogP contribution in [0.4, 0.5) is 0 Å². The zero-order valence-corrected chi connectivity index (χ0v) is 14.9. The molecule has 0 aliphatic rings. The molecule has 0 aliphatic heterocycles. The van der Waals surface area contributed by atoms with Crippen LogP contribution in [0.15, 0.2) is 24.3 Å². The van der Waals surface area contributed by atoms with E-state index >= 15 is 0 Å². The van der Waals surface area contributed by atoms with Crippen LogP contribution < -0.4 is 5.73 Å². The highest BCUT2D eigenvalue weighted by Crippen LogP contribution is 2.35. The van der Waals surface area contributed by atoms with Crippen molar-refractivity contribution in [1.82, 2.24) is 4.57 Å². The van der Waals surface area contributed by atoms with Crippen molar-refractivity contribution in [3.63, 3.8) is 0 Å². The van der Waals surface area contributed by atoms with Gasteiger partial charge in [-0.25, -0.2) is 0 Å². The van der Waals surface area contributed by atoms with Crippen LogP contribution in [0.2, 0.25) is 0 Å². The third kappa shape index (κ3) is 3.54. The molecule has 0 atom stereocenters. The van der Waals surface area contributed by atoms with Crippen LogP contribution in [0.5, 0.6) is 0 Å². The normalized spacial score (nSPS) is 11.0. The van der Waals surface area contributed by atoms with Gasteiger partial charge in [-0.2, -0.15) is 0 Å². The average Bonchev–Trinajstić information content (AvgIpc) is 2.83. The maximum atomic E-state index is 12.2. The van der Waals surface area contributed by atoms with Gasteiger partial charge >= 0.3 is 0 Å². The fraction of sp³-hybridized carbons (Fsp3) is 0.450. The Kier molecular flexibility index (Phi) is 6.21. The van der Waals surface area contributed by atoms with Crippen molar-refractivity contribution in [2.24, 2.45) is 5.73 Å². The maximum absolute atomic E-state index is 12.2. The molecular formula is C20H28N2O2. The first-order valence-corrected chi connectivity index (χ1v) is 8.71. The van der Waals surface area contributed by atoms with Crippen molar-refractivity contribution in [2.45, 2.75) is 53.0 Å². The lowest BCUT2D eigenvalue weighted by atomic mass is 9.94. The van der Waals surface area contributed by atoms with E-state index in [1.165, 1.54) is 0 Å². The summed E-state index contributed by atoms with van der Waals surface area (Å²) in [6, 6.07) is 8.12. The Morgan fingerprint density at radius 2 is 1.92 bits per heavy atom. The molecule has 0 bridgehead atoms. The summed E-state index contributed by atoms with van der Waals surface area (Å²) in [6.07, 6.45) is 3.71. The highest BCUT2D eigenvalue weighted by Gasteiger charge is 2.24. The fourth-order valence-electron chi connectivity index (χ4n) is 3.38. The predicted octanol–water partition coefficient (Wildman–Crippen LogP) is 3.60. The summed E-state index contributed by atoms with van der Waals surface area (Å²) < 4.78 is 2.17. The molecule has 1 aromatic heterocycles. The van der Waals surface area contributed by atoms with E-state index in [0.717, 1.165) is 47.3 Å². The Hall–Kier alpha value is -2.07. The number of benzene rings is 1. The number of aliphatic hydroxyl groups is 1. The van der Waals surface area contributed by atoms with Gasteiger partial charge in [0.25, 0.3) is 5.91 Å². The fourth-order valence-corrected chi connectivity index (χ4v) is 3.38. The van der Waals surface area contributed by atoms with Gasteiger partial charge in [0, 0.05) is 30.1 Å². The minimum atomic E-state index is -0.383. The quantitative estimate of drug-likeness (QED) is 0.777. The van der Waals surface area contributed by atoms with Gasteiger partial charge in [0.1, 0.15) is 0 Å². The molecule has 0 saturated carbocycles. The van der Waals surface area contributed by atoms with Gasteiger partial charge in [0.05, 0.1) is 5.56 Å². The lowest BCUT2D eigenvalue weighted by molar-refractivity contribution is 0.1000. The summed E-state index contributed by atoms with van der Waals surface area (Å²) in [5, 5.41) is 9.23. The van der Waals surface area contributed by atoms with E-state index < -0.39 is 0 Å². The number of nitrogens with zero attached hydrogens (tertiary/aromatic N) is 1. The Morgan fingerprint density at radius 3 is 2.50 bits per heavy atom. The number of hydrogen-bond donors (Lipinski definition) is 2. The molecule has 4 nitrogen and oxygen atoms in total. The number of primary amides is 1. The van der Waals surface area contributed by atoms with Gasteiger partial charge < -0.3 is 15.4 Å². The van der Waals surface area contributed by atoms with Crippen molar-refractivity contribution in [3.05, 3.63) is 46.8 Å². The zero-order chi connectivity index (χ0) is 17.7. The third-order valence-corrected chi connectivity index (χ3v) is 4.60. The molecule has 0 aliphatic carbocycles. The molecule has 0 unspecified atom stereocenters. The van der Waals surface area contributed by atoms with E-state index in [1.807, 2.05) is 19.1 Å². The van der Waals surface area contributed by atoms with E-state index in [9.17, 15) is 9.90 Å². The van der Waals surface area contributed by atoms with E-state index in [1.54, 1.807) is 0 Å². The molecule has 1 heterocycles. The lowest BCUT2D eigenvalue weighted by Gasteiger charge is -2.13. The number of aliphatic hydroxyl groups excluding tert-OH is 1. The molecule has 1 aromatic carbocycles. The van der Waals surface area contributed by atoms with Crippen LogP contribution in [-0.2, 0) is 13.0 Å². The molecule has 0 spiro atoms. The Labute approximate surface area is 144 Å². The van der Waals surface area contributed by atoms with Crippen LogP contribution in [0.1, 0.15) is 53.5 Å². The topological polar surface area (TPSA) is 68.2 Å². The number of amides is 1. The Bertz CT molecular complexity index is 717. The van der Waals surface area contributed by atoms with E-state index in [0.29, 0.717) is 18.5 Å². The van der Waals surface area contributed by atoms with Crippen LogP contribution in [0.3, 0.4) is 0 Å². The smallest absolute Gasteiger partial charge is 0.251 e. The number of carbonyl (C=O) groups excluding carboxylic acids is 1. The first-order valence-electron chi connectivity index (χ1n) is 8.71. The summed E-state index contributed by atoms with van der Waals surface area (Å²) in [6.45, 7) is 7.01. The second-order valence-electron chi connectivity index (χ2n) is 6.29. The first-order chi connectivity index (χ1) is 11.5. The molecule has 0 fully saturated rings. The minimum absolute atomic E-state index is 0.135. The van der Waals surface area contributed by atoms with Gasteiger partial charge in [0.15, 0.2) is 0 Å². The highest BCUT2D eigenvalue weighted by atomic mass is 16.3. The summed E-state index contributed by atoms with van der Waals surface area (Å²) in [4.78, 5) is 12.2. The standard InChI is InChI=1S/C20H28N2O2/c1-4-5-11-17-19(16-10-7-6-9-14(16)2)18(20(21)24)15(3)22(17)12-8-13-23/h6-7,9-10,23H,4-5,8,11-13H2,1-3H3,(H2,21,24). The van der Waals surface area contributed by atoms with Gasteiger partial charge in [-0.15, -0.1) is 0 Å². The molecule has 0 radical (unpaired) electrons. The molecule has 3 N–H and O–H groups in total. The highest BCUT2D eigenvalue weighted by molar-refractivity contribution is 6.02. The molecular weight excluding hydrogens is 300 g/mol. The second kappa shape index (κ2) is 8.15. The number of carbonyl (C=O) groups is 1. The zero-order valence-electron chi connectivity index (χ0n) is 14.9. The van der Waals surface area contributed by atoms with Gasteiger partial charge in [-0.1, -0.05) is 37.6 Å². The minimum Gasteiger partial charge on any atom is -0.396 e. The van der Waals surface area contributed by atoms with Crippen molar-refractivity contribution in [1.29, 1.82) is 0 Å². The number of aryl methyl sites for hydroxylation is 1. The van der Waals surface area contributed by atoms with E-state index in [2.05, 4.69) is 30.5 Å². The molecule has 24 heavy (non-hydrogen) atoms. The van der Waals surface area contributed by atoms with Crippen molar-refractivity contribution < 1.29 is 9.90 Å². The summed E-state index contributed by atoms with van der Waals surface area (Å²) in [5.41, 5.74) is 11.6. The monoisotopic (exact) mass is 328 g/mol. The number of unbranched alkanes of at least 4 members (excludes halogenated alkanes) is 1. The Morgan fingerprint density at radius 1 is 1.21 bits per heavy atom. The Balaban J connectivity index is 2.73. The maximum Gasteiger partial charge on any atom is 0.251 e. The number of aromatic nitrogens is 1. The van der Waals surface area contributed by atoms with Crippen molar-refractivity contribution >= 4 is 5.91 Å². The van der Waals surface area contributed by atoms with Gasteiger partial charge in [-0.05, 0) is 44.2 Å². The summed E-state index contributed by atoms with van der Waals surface area (Å²) >= 11 is 0. The predicted molar refractivity (Wildman–Crippen MR) is 98.2 cm³/mol. The van der Waals surface area contributed by atoms with Crippen molar-refractivity contribution in [2.75, 3.05) is 6.61 Å². The third-order valence-electron chi connectivity index (χ3n) is 4.60. The molecule has 2 rings (SSSR count). The molecule has 1 amide bonds. The van der Waals surface area contributed by atoms with Crippen LogP contribution in [0.25, 0.3) is 11.1 Å². The molecule has 4 heteroatoms. The van der Waals surface area contributed by atoms with Gasteiger partial charge in [0.2, 0.25) is 0 Å². The SMILES string of the molecule is CCCCc1c(-c2ccccc2C)c(C(N)=O)c(C)n1CCCO. The largest absolute Gasteiger partial charge is 0.396 e. The summed E-state index contributed by atoms with van der Waals surface area (Å²) in [5.74, 6) is -0.383. The van der Waals surface area contributed by atoms with E-state index in [4.69, 9.17) is 5.73 Å². The number of nitrogens with two attached hydrogens (primary N) is 1. The molecule has 130 valence electrons. The van der Waals surface area contributed by atoms with Crippen LogP contribution in [0, 0.1) is 13.8 Å². The van der Waals surface area contributed by atoms with Crippen molar-refractivity contribution in [3.8, 4) is 11.1 Å². The second-order valence-corrected chi connectivity index (χ2v) is 6.29. The van der Waals surface area contributed by atoms with Gasteiger partial charge in [-0.3, -0.25) is 4.79 Å². The lowest BCUT2D eigenvalue weighted by Crippen LogP contribution is -2.13. The molecule has 2 aromatic rings. The van der Waals surface area contributed by atoms with Crippen LogP contribution >= 0.6 is 0 Å². The number of hydrogen-bond acceptors (Lipinski definition) is 2. The van der Waals surface area contributed by atoms with Crippen LogP contribution in [-0.4, -0.2) is 22.2 Å². The first kappa shape index (κ1) is 18.3. The molecule has 0 saturated heterocycles. The summed E-state index contributed by atoms with van der Waals surface area (Å²) in [7, 11) is 0. The average molecular weight is 328 g/mol.